The van der Waals surface area contributed by atoms with Crippen molar-refractivity contribution >= 4 is 29.9 Å². The Morgan fingerprint density at radius 2 is 2.04 bits per heavy atom. The number of hydrogen-bond acceptors (Lipinski definition) is 2. The van der Waals surface area contributed by atoms with Crippen LogP contribution < -0.4 is 5.32 Å². The predicted octanol–water partition coefficient (Wildman–Crippen LogP) is 3.81. The molecule has 0 bridgehead atoms. The van der Waals surface area contributed by atoms with Gasteiger partial charge in [-0.1, -0.05) is 20.8 Å². The second-order valence-electron chi connectivity index (χ2n) is 8.33. The van der Waals surface area contributed by atoms with Crippen molar-refractivity contribution in [3.8, 4) is 0 Å². The number of nitrogens with one attached hydrogen (secondary N) is 1. The minimum Gasteiger partial charge on any atom is -0.357 e. The summed E-state index contributed by atoms with van der Waals surface area (Å²) in [5.74, 6) is 2.02. The fourth-order valence-electron chi connectivity index (χ4n) is 3.84. The van der Waals surface area contributed by atoms with E-state index in [0.717, 1.165) is 38.1 Å². The molecule has 2 rings (SSSR count). The molecular weight excluding hydrogens is 411 g/mol. The topological polar surface area (TPSA) is 30.9 Å². The first-order chi connectivity index (χ1) is 11.0. The van der Waals surface area contributed by atoms with Crippen molar-refractivity contribution in [2.75, 3.05) is 45.8 Å². The van der Waals surface area contributed by atoms with E-state index in [2.05, 4.69) is 42.8 Å². The molecule has 0 radical (unpaired) electrons. The number of piperidine rings is 1. The second kappa shape index (κ2) is 10.8. The zero-order valence-electron chi connectivity index (χ0n) is 16.3. The van der Waals surface area contributed by atoms with E-state index >= 15 is 0 Å². The van der Waals surface area contributed by atoms with E-state index < -0.39 is 0 Å². The van der Waals surface area contributed by atoms with Gasteiger partial charge in [-0.25, -0.2) is 0 Å². The summed E-state index contributed by atoms with van der Waals surface area (Å²) in [5, 5.41) is 3.47. The molecule has 0 aromatic heterocycles. The number of rotatable bonds is 6. The minimum absolute atomic E-state index is 0. The maximum Gasteiger partial charge on any atom is 0.193 e. The third-order valence-electron chi connectivity index (χ3n) is 5.20. The molecule has 0 aromatic carbocycles. The summed E-state index contributed by atoms with van der Waals surface area (Å²) in [7, 11) is 0. The average molecular weight is 450 g/mol. The van der Waals surface area contributed by atoms with Crippen molar-refractivity contribution in [2.45, 2.75) is 59.8 Å². The molecule has 1 N–H and O–H groups in total. The van der Waals surface area contributed by atoms with Crippen LogP contribution in [0, 0.1) is 11.3 Å². The van der Waals surface area contributed by atoms with E-state index in [0.29, 0.717) is 5.41 Å². The van der Waals surface area contributed by atoms with Crippen molar-refractivity contribution in [1.29, 1.82) is 0 Å². The van der Waals surface area contributed by atoms with Gasteiger partial charge in [0.1, 0.15) is 0 Å². The molecule has 142 valence electrons. The summed E-state index contributed by atoms with van der Waals surface area (Å²) in [6.45, 7) is 17.3. The van der Waals surface area contributed by atoms with Crippen LogP contribution in [0.15, 0.2) is 4.99 Å². The zero-order valence-corrected chi connectivity index (χ0v) is 18.6. The van der Waals surface area contributed by atoms with Gasteiger partial charge in [-0.3, -0.25) is 4.99 Å². The highest BCUT2D eigenvalue weighted by atomic mass is 127. The predicted molar refractivity (Wildman–Crippen MR) is 115 cm³/mol. The molecule has 0 aromatic rings. The van der Waals surface area contributed by atoms with Gasteiger partial charge >= 0.3 is 0 Å². The molecule has 0 spiro atoms. The normalized spacial score (nSPS) is 24.8. The maximum absolute atomic E-state index is 4.87. The highest BCUT2D eigenvalue weighted by Gasteiger charge is 2.30. The van der Waals surface area contributed by atoms with E-state index in [-0.39, 0.29) is 24.0 Å². The van der Waals surface area contributed by atoms with Gasteiger partial charge in [0.05, 0.1) is 0 Å². The Balaban J connectivity index is 0.00000288. The summed E-state index contributed by atoms with van der Waals surface area (Å²) in [6, 6.07) is 0. The van der Waals surface area contributed by atoms with Gasteiger partial charge in [-0.2, -0.15) is 0 Å². The summed E-state index contributed by atoms with van der Waals surface area (Å²) in [4.78, 5) is 9.96. The lowest BCUT2D eigenvalue weighted by Crippen LogP contribution is -2.40. The van der Waals surface area contributed by atoms with Gasteiger partial charge in [0.25, 0.3) is 0 Å². The highest BCUT2D eigenvalue weighted by Crippen LogP contribution is 2.28. The number of unbranched alkanes of at least 4 members (excludes halogenated alkanes) is 1. The lowest BCUT2D eigenvalue weighted by molar-refractivity contribution is 0.181. The molecule has 1 unspecified atom stereocenters. The fourth-order valence-corrected chi connectivity index (χ4v) is 3.84. The summed E-state index contributed by atoms with van der Waals surface area (Å²) >= 11 is 0. The van der Waals surface area contributed by atoms with Gasteiger partial charge in [0.2, 0.25) is 0 Å². The highest BCUT2D eigenvalue weighted by molar-refractivity contribution is 14.0. The molecular formula is C19H39IN4. The van der Waals surface area contributed by atoms with Gasteiger partial charge in [0, 0.05) is 32.7 Å². The Bertz CT molecular complexity index is 384. The molecule has 5 heteroatoms. The number of nitrogens with zero attached hydrogens (tertiary/aromatic N) is 3. The molecule has 2 aliphatic heterocycles. The third-order valence-corrected chi connectivity index (χ3v) is 5.20. The summed E-state index contributed by atoms with van der Waals surface area (Å²) in [5.41, 5.74) is 0.432. The molecule has 2 aliphatic rings. The quantitative estimate of drug-likeness (QED) is 0.289. The van der Waals surface area contributed by atoms with Crippen molar-refractivity contribution in [1.82, 2.24) is 15.1 Å². The number of guanidine groups is 1. The van der Waals surface area contributed by atoms with Gasteiger partial charge in [-0.05, 0) is 63.5 Å². The Morgan fingerprint density at radius 1 is 1.25 bits per heavy atom. The smallest absolute Gasteiger partial charge is 0.193 e. The van der Waals surface area contributed by atoms with Crippen LogP contribution in [-0.4, -0.2) is 61.6 Å². The van der Waals surface area contributed by atoms with E-state index in [9.17, 15) is 0 Å². The van der Waals surface area contributed by atoms with Crippen LogP contribution in [0.4, 0.5) is 0 Å². The van der Waals surface area contributed by atoms with E-state index in [1.54, 1.807) is 0 Å². The van der Waals surface area contributed by atoms with Crippen molar-refractivity contribution in [3.05, 3.63) is 0 Å². The van der Waals surface area contributed by atoms with Crippen LogP contribution in [0.1, 0.15) is 59.8 Å². The van der Waals surface area contributed by atoms with E-state index in [1.807, 2.05) is 0 Å². The van der Waals surface area contributed by atoms with Gasteiger partial charge in [-0.15, -0.1) is 24.0 Å². The van der Waals surface area contributed by atoms with Gasteiger partial charge < -0.3 is 15.1 Å². The third kappa shape index (κ3) is 7.46. The molecule has 0 aliphatic carbocycles. The molecule has 4 nitrogen and oxygen atoms in total. The van der Waals surface area contributed by atoms with Crippen molar-refractivity contribution < 1.29 is 0 Å². The largest absolute Gasteiger partial charge is 0.357 e. The SMILES string of the molecule is CCNC(=NCCCCN1CCCC(C)C1)N1CCC(C)(C)C1.I. The van der Waals surface area contributed by atoms with Gasteiger partial charge in [0.15, 0.2) is 5.96 Å². The first-order valence-corrected chi connectivity index (χ1v) is 9.76. The monoisotopic (exact) mass is 450 g/mol. The van der Waals surface area contributed by atoms with E-state index in [4.69, 9.17) is 4.99 Å². The zero-order chi connectivity index (χ0) is 16.7. The summed E-state index contributed by atoms with van der Waals surface area (Å²) in [6.07, 6.45) is 6.55. The fraction of sp³-hybridized carbons (Fsp3) is 0.947. The Labute approximate surface area is 166 Å². The Kier molecular flexibility index (Phi) is 9.94. The second-order valence-corrected chi connectivity index (χ2v) is 8.33. The molecule has 2 fully saturated rings. The first-order valence-electron chi connectivity index (χ1n) is 9.76. The Morgan fingerprint density at radius 3 is 2.67 bits per heavy atom. The van der Waals surface area contributed by atoms with E-state index in [1.165, 1.54) is 51.7 Å². The lowest BCUT2D eigenvalue weighted by atomic mass is 9.93. The van der Waals surface area contributed by atoms with Crippen molar-refractivity contribution in [3.63, 3.8) is 0 Å². The Hall–Kier alpha value is -0.0400. The maximum atomic E-state index is 4.87. The van der Waals surface area contributed by atoms with Crippen LogP contribution in [0.25, 0.3) is 0 Å². The van der Waals surface area contributed by atoms with Crippen LogP contribution in [0.5, 0.6) is 0 Å². The lowest BCUT2D eigenvalue weighted by Gasteiger charge is -2.30. The average Bonchev–Trinajstić information content (AvgIpc) is 2.86. The number of hydrogen-bond donors (Lipinski definition) is 1. The van der Waals surface area contributed by atoms with Crippen LogP contribution >= 0.6 is 24.0 Å². The molecule has 0 amide bonds. The summed E-state index contributed by atoms with van der Waals surface area (Å²) < 4.78 is 0. The first kappa shape index (κ1) is 22.0. The van der Waals surface area contributed by atoms with Crippen LogP contribution in [0.2, 0.25) is 0 Å². The minimum atomic E-state index is 0. The number of likely N-dealkylation sites (tertiary alicyclic amines) is 2. The molecule has 2 heterocycles. The molecule has 0 saturated carbocycles. The van der Waals surface area contributed by atoms with Crippen molar-refractivity contribution in [2.24, 2.45) is 16.3 Å². The number of halogens is 1. The molecule has 24 heavy (non-hydrogen) atoms. The standard InChI is InChI=1S/C19H38N4.HI/c1-5-20-18(23-14-10-19(3,4)16-23)21-11-6-7-12-22-13-8-9-17(2)15-22;/h17H,5-16H2,1-4H3,(H,20,21);1H. The van der Waals surface area contributed by atoms with Crippen LogP contribution in [-0.2, 0) is 0 Å². The van der Waals surface area contributed by atoms with Crippen LogP contribution in [0.3, 0.4) is 0 Å². The molecule has 2 saturated heterocycles. The number of aliphatic imine (C=N–C) groups is 1. The molecule has 1 atom stereocenters.